The van der Waals surface area contributed by atoms with Gasteiger partial charge < -0.3 is 4.90 Å². The van der Waals surface area contributed by atoms with E-state index in [2.05, 4.69) is 14.8 Å². The number of sulfonamides is 1. The number of hydrogen-bond acceptors (Lipinski definition) is 6. The predicted octanol–water partition coefficient (Wildman–Crippen LogP) is 1.95. The van der Waals surface area contributed by atoms with Gasteiger partial charge in [-0.25, -0.2) is 13.1 Å². The Morgan fingerprint density at radius 1 is 1.29 bits per heavy atom. The zero-order chi connectivity index (χ0) is 22.0. The number of benzene rings is 1. The lowest BCUT2D eigenvalue weighted by molar-refractivity contribution is 0.0833. The van der Waals surface area contributed by atoms with Crippen LogP contribution in [0, 0.1) is 0 Å². The molecule has 2 aliphatic heterocycles. The molecule has 9 nitrogen and oxygen atoms in total. The van der Waals surface area contributed by atoms with Gasteiger partial charge in [0.2, 0.25) is 16.0 Å². The molecule has 3 heterocycles. The van der Waals surface area contributed by atoms with Gasteiger partial charge in [-0.2, -0.15) is 5.10 Å². The van der Waals surface area contributed by atoms with Crippen molar-refractivity contribution in [2.75, 3.05) is 11.4 Å². The Labute approximate surface area is 181 Å². The lowest BCUT2D eigenvalue weighted by atomic mass is 10.1. The van der Waals surface area contributed by atoms with Crippen molar-refractivity contribution in [3.05, 3.63) is 41.7 Å². The minimum atomic E-state index is -3.71. The SMILES string of the molecule is CCn1cc(CN2C(=O)c3cc(S(=O)(=O)NC4(C)CC4)ccc3N3C2=NC[C@H]3C)cn1. The summed E-state index contributed by atoms with van der Waals surface area (Å²) in [7, 11) is -3.71. The third-order valence-corrected chi connectivity index (χ3v) is 7.78. The van der Waals surface area contributed by atoms with Gasteiger partial charge in [0.05, 0.1) is 41.5 Å². The summed E-state index contributed by atoms with van der Waals surface area (Å²) < 4.78 is 30.4. The first-order valence-electron chi connectivity index (χ1n) is 10.6. The number of nitrogens with zero attached hydrogens (tertiary/aromatic N) is 5. The number of amides is 1. The van der Waals surface area contributed by atoms with Gasteiger partial charge in [-0.05, 0) is 51.8 Å². The highest BCUT2D eigenvalue weighted by Crippen LogP contribution is 2.38. The average Bonchev–Trinajstić information content (AvgIpc) is 3.12. The third kappa shape index (κ3) is 3.43. The third-order valence-electron chi connectivity index (χ3n) is 6.14. The lowest BCUT2D eigenvalue weighted by Crippen LogP contribution is -2.52. The molecule has 0 radical (unpaired) electrons. The molecule has 0 unspecified atom stereocenters. The van der Waals surface area contributed by atoms with Gasteiger partial charge in [-0.3, -0.25) is 19.4 Å². The van der Waals surface area contributed by atoms with Crippen LogP contribution in [0.2, 0.25) is 0 Å². The summed E-state index contributed by atoms with van der Waals surface area (Å²) in [4.78, 5) is 21.9. The van der Waals surface area contributed by atoms with Crippen LogP contribution in [0.5, 0.6) is 0 Å². The lowest BCUT2D eigenvalue weighted by Gasteiger charge is -2.38. The van der Waals surface area contributed by atoms with E-state index in [-0.39, 0.29) is 22.4 Å². The molecule has 1 N–H and O–H groups in total. The molecule has 1 aromatic heterocycles. The van der Waals surface area contributed by atoms with E-state index in [1.807, 2.05) is 36.5 Å². The molecule has 1 saturated carbocycles. The highest BCUT2D eigenvalue weighted by atomic mass is 32.2. The van der Waals surface area contributed by atoms with Crippen LogP contribution in [0.1, 0.15) is 49.5 Å². The van der Waals surface area contributed by atoms with E-state index in [9.17, 15) is 13.2 Å². The van der Waals surface area contributed by atoms with Gasteiger partial charge in [0.15, 0.2) is 0 Å². The number of carbonyl (C=O) groups is 1. The van der Waals surface area contributed by atoms with Crippen LogP contribution in [-0.4, -0.2) is 53.1 Å². The number of aromatic nitrogens is 2. The largest absolute Gasteiger partial charge is 0.307 e. The zero-order valence-electron chi connectivity index (χ0n) is 17.9. The maximum absolute atomic E-state index is 13.5. The minimum Gasteiger partial charge on any atom is -0.307 e. The van der Waals surface area contributed by atoms with Crippen molar-refractivity contribution < 1.29 is 13.2 Å². The topological polar surface area (TPSA) is 99.9 Å². The number of guanidine groups is 1. The summed E-state index contributed by atoms with van der Waals surface area (Å²) >= 11 is 0. The highest BCUT2D eigenvalue weighted by Gasteiger charge is 2.43. The van der Waals surface area contributed by atoms with Crippen LogP contribution in [0.4, 0.5) is 5.69 Å². The van der Waals surface area contributed by atoms with E-state index in [1.165, 1.54) is 6.07 Å². The van der Waals surface area contributed by atoms with E-state index >= 15 is 0 Å². The first-order chi connectivity index (χ1) is 14.7. The standard InChI is InChI=1S/C21H26N6O3S/c1-4-25-12-15(11-23-25)13-26-19(28)17-9-16(31(29,30)24-21(3)7-8-21)5-6-18(17)27-14(2)10-22-20(26)27/h5-6,9,11-12,14,24H,4,7-8,10,13H2,1-3H3/t14-/m1/s1. The van der Waals surface area contributed by atoms with E-state index < -0.39 is 10.0 Å². The molecular weight excluding hydrogens is 416 g/mol. The molecule has 1 amide bonds. The van der Waals surface area contributed by atoms with Crippen molar-refractivity contribution in [1.29, 1.82) is 0 Å². The van der Waals surface area contributed by atoms with E-state index in [0.29, 0.717) is 30.3 Å². The van der Waals surface area contributed by atoms with E-state index in [4.69, 9.17) is 0 Å². The molecule has 31 heavy (non-hydrogen) atoms. The van der Waals surface area contributed by atoms with Crippen molar-refractivity contribution in [2.45, 2.75) is 63.2 Å². The molecular formula is C21H26N6O3S. The summed E-state index contributed by atoms with van der Waals surface area (Å²) in [6.45, 7) is 7.58. The second-order valence-corrected chi connectivity index (χ2v) is 10.5. The van der Waals surface area contributed by atoms with Gasteiger partial charge in [-0.15, -0.1) is 0 Å². The normalized spacial score (nSPS) is 21.7. The molecule has 1 aliphatic carbocycles. The first kappa shape index (κ1) is 20.2. The Hall–Kier alpha value is -2.72. The van der Waals surface area contributed by atoms with Crippen LogP contribution in [0.3, 0.4) is 0 Å². The molecule has 0 saturated heterocycles. The Morgan fingerprint density at radius 2 is 2.06 bits per heavy atom. The van der Waals surface area contributed by atoms with Crippen LogP contribution in [0.15, 0.2) is 40.5 Å². The van der Waals surface area contributed by atoms with Crippen molar-refractivity contribution in [3.63, 3.8) is 0 Å². The molecule has 10 heteroatoms. The first-order valence-corrected chi connectivity index (χ1v) is 12.0. The number of anilines is 1. The fraction of sp³-hybridized carbons (Fsp3) is 0.476. The number of fused-ring (bicyclic) bond motifs is 3. The number of aryl methyl sites for hydroxylation is 1. The van der Waals surface area contributed by atoms with Crippen LogP contribution in [0.25, 0.3) is 0 Å². The van der Waals surface area contributed by atoms with Crippen molar-refractivity contribution in [1.82, 2.24) is 19.4 Å². The Bertz CT molecular complexity index is 1200. The van der Waals surface area contributed by atoms with E-state index in [0.717, 1.165) is 24.9 Å². The van der Waals surface area contributed by atoms with Crippen LogP contribution >= 0.6 is 0 Å². The summed E-state index contributed by atoms with van der Waals surface area (Å²) in [5.74, 6) is 0.353. The van der Waals surface area contributed by atoms with Gasteiger partial charge in [0.1, 0.15) is 0 Å². The Balaban J connectivity index is 1.53. The smallest absolute Gasteiger partial charge is 0.263 e. The molecule has 164 valence electrons. The minimum absolute atomic E-state index is 0.0775. The second kappa shape index (κ2) is 6.89. The molecule has 1 fully saturated rings. The molecule has 2 aromatic rings. The number of aliphatic imine (C=N–C) groups is 1. The summed E-state index contributed by atoms with van der Waals surface area (Å²) in [5.41, 5.74) is 1.59. The van der Waals surface area contributed by atoms with Crippen LogP contribution in [-0.2, 0) is 23.1 Å². The quantitative estimate of drug-likeness (QED) is 0.737. The highest BCUT2D eigenvalue weighted by molar-refractivity contribution is 7.89. The molecule has 3 aliphatic rings. The summed E-state index contributed by atoms with van der Waals surface area (Å²) in [6.07, 6.45) is 5.30. The van der Waals surface area contributed by atoms with Gasteiger partial charge in [0, 0.05) is 23.8 Å². The van der Waals surface area contributed by atoms with Crippen LogP contribution < -0.4 is 9.62 Å². The fourth-order valence-corrected chi connectivity index (χ4v) is 5.58. The molecule has 0 spiro atoms. The van der Waals surface area contributed by atoms with Gasteiger partial charge in [-0.1, -0.05) is 0 Å². The molecule has 1 atom stereocenters. The monoisotopic (exact) mass is 442 g/mol. The average molecular weight is 443 g/mol. The maximum atomic E-state index is 13.5. The predicted molar refractivity (Wildman–Crippen MR) is 116 cm³/mol. The molecule has 5 rings (SSSR count). The number of carbonyl (C=O) groups excluding carboxylic acids is 1. The number of hydrogen-bond donors (Lipinski definition) is 1. The fourth-order valence-electron chi connectivity index (χ4n) is 4.09. The van der Waals surface area contributed by atoms with Crippen molar-refractivity contribution >= 4 is 27.6 Å². The number of nitrogens with one attached hydrogen (secondary N) is 1. The summed E-state index contributed by atoms with van der Waals surface area (Å²) in [5, 5.41) is 4.29. The van der Waals surface area contributed by atoms with E-state index in [1.54, 1.807) is 23.2 Å². The Kier molecular flexibility index (Phi) is 4.49. The number of rotatable bonds is 6. The Morgan fingerprint density at radius 3 is 2.74 bits per heavy atom. The molecule has 1 aromatic carbocycles. The summed E-state index contributed by atoms with van der Waals surface area (Å²) in [6, 6.07) is 4.87. The van der Waals surface area contributed by atoms with Crippen molar-refractivity contribution in [3.8, 4) is 0 Å². The second-order valence-electron chi connectivity index (χ2n) is 8.80. The molecule has 0 bridgehead atoms. The van der Waals surface area contributed by atoms with Gasteiger partial charge >= 0.3 is 0 Å². The zero-order valence-corrected chi connectivity index (χ0v) is 18.7. The van der Waals surface area contributed by atoms with Crippen molar-refractivity contribution in [2.24, 2.45) is 4.99 Å². The maximum Gasteiger partial charge on any atom is 0.263 e. The van der Waals surface area contributed by atoms with Gasteiger partial charge in [0.25, 0.3) is 5.91 Å².